The van der Waals surface area contributed by atoms with E-state index < -0.39 is 17.6 Å². The van der Waals surface area contributed by atoms with Gasteiger partial charge in [-0.1, -0.05) is 18.2 Å². The molecule has 0 aliphatic carbocycles. The smallest absolute Gasteiger partial charge is 0.371 e. The van der Waals surface area contributed by atoms with Crippen molar-refractivity contribution in [3.63, 3.8) is 0 Å². The number of carbonyl (C=O) groups is 2. The standard InChI is InChI=1S/C26H31F3N4O2/c1-18-4-2-7-23(14-18)32-12-9-22(10-13-32)33-11-8-21(17-33)31-24(34)16-30-25(35)19-5-3-6-20(15-19)26(27,28)29/h2-7,14-15,21-22H,8-13,16-17H2,1H3,(H,30,35)(H,31,34)/t21-/m0/s1. The zero-order valence-corrected chi connectivity index (χ0v) is 19.8. The SMILES string of the molecule is Cc1cccc(N2CCC(N3CC[C@H](NC(=O)CNC(=O)c4cccc(C(F)(F)F)c4)C3)CC2)c1. The van der Waals surface area contributed by atoms with Gasteiger partial charge in [0.15, 0.2) is 0 Å². The highest BCUT2D eigenvalue weighted by molar-refractivity contribution is 5.96. The fourth-order valence-electron chi connectivity index (χ4n) is 4.93. The predicted molar refractivity (Wildman–Crippen MR) is 128 cm³/mol. The minimum Gasteiger partial charge on any atom is -0.371 e. The molecule has 0 aromatic heterocycles. The maximum atomic E-state index is 12.8. The summed E-state index contributed by atoms with van der Waals surface area (Å²) in [7, 11) is 0. The number of amides is 2. The molecule has 0 saturated carbocycles. The molecule has 2 fully saturated rings. The summed E-state index contributed by atoms with van der Waals surface area (Å²) in [5.41, 5.74) is 1.50. The molecule has 2 aromatic carbocycles. The number of aryl methyl sites for hydroxylation is 1. The predicted octanol–water partition coefficient (Wildman–Crippen LogP) is 3.60. The van der Waals surface area contributed by atoms with Crippen LogP contribution in [0.3, 0.4) is 0 Å². The van der Waals surface area contributed by atoms with E-state index in [1.165, 1.54) is 23.4 Å². The minimum absolute atomic E-state index is 0.00256. The van der Waals surface area contributed by atoms with E-state index in [4.69, 9.17) is 0 Å². The molecule has 0 radical (unpaired) electrons. The third-order valence-corrected chi connectivity index (χ3v) is 6.79. The topological polar surface area (TPSA) is 64.7 Å². The van der Waals surface area contributed by atoms with Gasteiger partial charge in [-0.3, -0.25) is 14.5 Å². The molecule has 2 saturated heterocycles. The number of nitrogens with zero attached hydrogens (tertiary/aromatic N) is 2. The summed E-state index contributed by atoms with van der Waals surface area (Å²) < 4.78 is 38.5. The normalized spacial score (nSPS) is 19.5. The molecule has 0 unspecified atom stereocenters. The number of alkyl halides is 3. The first-order chi connectivity index (χ1) is 16.7. The first kappa shape index (κ1) is 25.0. The molecule has 0 spiro atoms. The summed E-state index contributed by atoms with van der Waals surface area (Å²) in [5.74, 6) is -1.05. The average molecular weight is 489 g/mol. The van der Waals surface area contributed by atoms with Crippen molar-refractivity contribution >= 4 is 17.5 Å². The Balaban J connectivity index is 1.20. The van der Waals surface area contributed by atoms with Crippen molar-refractivity contribution in [2.75, 3.05) is 37.6 Å². The van der Waals surface area contributed by atoms with Crippen LogP contribution in [0.5, 0.6) is 0 Å². The van der Waals surface area contributed by atoms with E-state index >= 15 is 0 Å². The van der Waals surface area contributed by atoms with Crippen molar-refractivity contribution in [1.29, 1.82) is 0 Å². The van der Waals surface area contributed by atoms with Crippen LogP contribution in [0.4, 0.5) is 18.9 Å². The highest BCUT2D eigenvalue weighted by Gasteiger charge is 2.32. The molecular weight excluding hydrogens is 457 g/mol. The van der Waals surface area contributed by atoms with Crippen molar-refractivity contribution in [3.8, 4) is 0 Å². The second-order valence-electron chi connectivity index (χ2n) is 9.37. The fraction of sp³-hybridized carbons (Fsp3) is 0.462. The number of hydrogen-bond donors (Lipinski definition) is 2. The zero-order valence-electron chi connectivity index (χ0n) is 19.8. The monoisotopic (exact) mass is 488 g/mol. The zero-order chi connectivity index (χ0) is 25.0. The molecule has 2 N–H and O–H groups in total. The molecule has 35 heavy (non-hydrogen) atoms. The van der Waals surface area contributed by atoms with Crippen molar-refractivity contribution in [1.82, 2.24) is 15.5 Å². The Kier molecular flexibility index (Phi) is 7.64. The number of likely N-dealkylation sites (tertiary alicyclic amines) is 1. The van der Waals surface area contributed by atoms with Crippen LogP contribution >= 0.6 is 0 Å². The van der Waals surface area contributed by atoms with Crippen LogP contribution in [-0.4, -0.2) is 61.5 Å². The third kappa shape index (κ3) is 6.54. The second kappa shape index (κ2) is 10.7. The number of anilines is 1. The van der Waals surface area contributed by atoms with Crippen LogP contribution < -0.4 is 15.5 Å². The Hall–Kier alpha value is -3.07. The van der Waals surface area contributed by atoms with Gasteiger partial charge >= 0.3 is 6.18 Å². The number of piperidine rings is 1. The molecular formula is C26H31F3N4O2. The molecule has 2 heterocycles. The maximum absolute atomic E-state index is 12.8. The van der Waals surface area contributed by atoms with E-state index in [0.717, 1.165) is 57.6 Å². The Labute approximate surface area is 203 Å². The summed E-state index contributed by atoms with van der Waals surface area (Å²) in [6, 6.07) is 13.2. The summed E-state index contributed by atoms with van der Waals surface area (Å²) in [5, 5.41) is 5.36. The minimum atomic E-state index is -4.53. The molecule has 1 atom stereocenters. The molecule has 2 amide bonds. The van der Waals surface area contributed by atoms with Gasteiger partial charge in [-0.2, -0.15) is 13.2 Å². The van der Waals surface area contributed by atoms with Gasteiger partial charge in [0.05, 0.1) is 12.1 Å². The van der Waals surface area contributed by atoms with E-state index in [0.29, 0.717) is 6.04 Å². The lowest BCUT2D eigenvalue weighted by molar-refractivity contribution is -0.137. The van der Waals surface area contributed by atoms with Crippen LogP contribution in [0.25, 0.3) is 0 Å². The van der Waals surface area contributed by atoms with Gasteiger partial charge in [0.25, 0.3) is 5.91 Å². The summed E-state index contributed by atoms with van der Waals surface area (Å²) >= 11 is 0. The van der Waals surface area contributed by atoms with Gasteiger partial charge in [-0.05, 0) is 62.1 Å². The van der Waals surface area contributed by atoms with Crippen LogP contribution in [0.15, 0.2) is 48.5 Å². The van der Waals surface area contributed by atoms with Crippen LogP contribution in [-0.2, 0) is 11.0 Å². The quantitative estimate of drug-likeness (QED) is 0.652. The van der Waals surface area contributed by atoms with Crippen molar-refractivity contribution in [3.05, 3.63) is 65.2 Å². The van der Waals surface area contributed by atoms with Crippen LogP contribution in [0.1, 0.15) is 40.7 Å². The van der Waals surface area contributed by atoms with E-state index in [9.17, 15) is 22.8 Å². The number of benzene rings is 2. The Morgan fingerprint density at radius 3 is 2.46 bits per heavy atom. The average Bonchev–Trinajstić information content (AvgIpc) is 3.30. The van der Waals surface area contributed by atoms with Crippen LogP contribution in [0, 0.1) is 6.92 Å². The van der Waals surface area contributed by atoms with Gasteiger partial charge in [-0.15, -0.1) is 0 Å². The van der Waals surface area contributed by atoms with E-state index in [1.54, 1.807) is 0 Å². The fourth-order valence-corrected chi connectivity index (χ4v) is 4.93. The van der Waals surface area contributed by atoms with E-state index in [2.05, 4.69) is 51.6 Å². The van der Waals surface area contributed by atoms with Gasteiger partial charge in [0, 0.05) is 49.5 Å². The lowest BCUT2D eigenvalue weighted by Crippen LogP contribution is -2.46. The molecule has 9 heteroatoms. The van der Waals surface area contributed by atoms with E-state index in [1.807, 2.05) is 0 Å². The first-order valence-electron chi connectivity index (χ1n) is 12.0. The molecule has 0 bridgehead atoms. The summed E-state index contributed by atoms with van der Waals surface area (Å²) in [6.45, 7) is 5.51. The lowest BCUT2D eigenvalue weighted by atomic mass is 10.0. The molecule has 6 nitrogen and oxygen atoms in total. The number of carbonyl (C=O) groups excluding carboxylic acids is 2. The number of nitrogens with one attached hydrogen (secondary N) is 2. The number of halogens is 3. The van der Waals surface area contributed by atoms with Gasteiger partial charge in [0.1, 0.15) is 0 Å². The molecule has 4 rings (SSSR count). The lowest BCUT2D eigenvalue weighted by Gasteiger charge is -2.38. The number of rotatable bonds is 6. The second-order valence-corrected chi connectivity index (χ2v) is 9.37. The Bertz CT molecular complexity index is 1050. The van der Waals surface area contributed by atoms with Crippen molar-refractivity contribution in [2.45, 2.75) is 44.4 Å². The molecule has 2 aromatic rings. The third-order valence-electron chi connectivity index (χ3n) is 6.79. The van der Waals surface area contributed by atoms with Crippen molar-refractivity contribution in [2.24, 2.45) is 0 Å². The highest BCUT2D eigenvalue weighted by atomic mass is 19.4. The first-order valence-corrected chi connectivity index (χ1v) is 12.0. The summed E-state index contributed by atoms with van der Waals surface area (Å²) in [4.78, 5) is 29.4. The van der Waals surface area contributed by atoms with Gasteiger partial charge in [0.2, 0.25) is 5.91 Å². The largest absolute Gasteiger partial charge is 0.416 e. The van der Waals surface area contributed by atoms with Gasteiger partial charge < -0.3 is 15.5 Å². The molecule has 2 aliphatic rings. The Morgan fingerprint density at radius 1 is 1.00 bits per heavy atom. The number of hydrogen-bond acceptors (Lipinski definition) is 4. The van der Waals surface area contributed by atoms with Crippen molar-refractivity contribution < 1.29 is 22.8 Å². The maximum Gasteiger partial charge on any atom is 0.416 e. The van der Waals surface area contributed by atoms with Gasteiger partial charge in [-0.25, -0.2) is 0 Å². The van der Waals surface area contributed by atoms with E-state index in [-0.39, 0.29) is 24.1 Å². The molecule has 2 aliphatic heterocycles. The molecule has 188 valence electrons. The Morgan fingerprint density at radius 2 is 1.74 bits per heavy atom. The summed E-state index contributed by atoms with van der Waals surface area (Å²) in [6.07, 6.45) is -1.55. The van der Waals surface area contributed by atoms with Crippen LogP contribution in [0.2, 0.25) is 0 Å². The highest BCUT2D eigenvalue weighted by Crippen LogP contribution is 2.29.